The molecule has 16 heavy (non-hydrogen) atoms. The molecule has 0 N–H and O–H groups in total. The first-order chi connectivity index (χ1) is 7.50. The van der Waals surface area contributed by atoms with Gasteiger partial charge >= 0.3 is 0 Å². The normalized spacial score (nSPS) is 13.9. The lowest BCUT2D eigenvalue weighted by molar-refractivity contribution is 0.601. The lowest BCUT2D eigenvalue weighted by Crippen LogP contribution is -2.03. The molecule has 0 aliphatic carbocycles. The maximum atomic E-state index is 11.3. The Hall–Kier alpha value is -1.06. The average molecular weight is 255 g/mol. The van der Waals surface area contributed by atoms with Crippen LogP contribution in [0.5, 0.6) is 0 Å². The second kappa shape index (κ2) is 4.07. The van der Waals surface area contributed by atoms with Crippen molar-refractivity contribution in [3.05, 3.63) is 48.0 Å². The van der Waals surface area contributed by atoms with Crippen molar-refractivity contribution >= 4 is 30.5 Å². The summed E-state index contributed by atoms with van der Waals surface area (Å²) < 4.78 is 22.7. The van der Waals surface area contributed by atoms with Crippen LogP contribution in [-0.2, 0) is 9.05 Å². The molecule has 0 spiro atoms. The molecule has 0 bridgehead atoms. The zero-order valence-electron chi connectivity index (χ0n) is 8.72. The van der Waals surface area contributed by atoms with Crippen molar-refractivity contribution in [2.45, 2.75) is 12.2 Å². The first-order valence-corrected chi connectivity index (χ1v) is 7.28. The van der Waals surface area contributed by atoms with Crippen LogP contribution in [0.4, 0.5) is 0 Å². The maximum absolute atomic E-state index is 11.3. The molecule has 0 saturated carbocycles. The van der Waals surface area contributed by atoms with Gasteiger partial charge in [-0.25, -0.2) is 8.42 Å². The molecular formula is C12H11ClO2S. The number of benzene rings is 2. The molecule has 2 nitrogen and oxygen atoms in total. The van der Waals surface area contributed by atoms with Gasteiger partial charge in [0.05, 0.1) is 5.25 Å². The largest absolute Gasteiger partial charge is 0.239 e. The highest BCUT2D eigenvalue weighted by molar-refractivity contribution is 8.13. The molecule has 0 aliphatic rings. The van der Waals surface area contributed by atoms with E-state index in [0.29, 0.717) is 0 Å². The van der Waals surface area contributed by atoms with Gasteiger partial charge < -0.3 is 0 Å². The Morgan fingerprint density at radius 3 is 2.38 bits per heavy atom. The highest BCUT2D eigenvalue weighted by atomic mass is 35.7. The lowest BCUT2D eigenvalue weighted by atomic mass is 10.0. The summed E-state index contributed by atoms with van der Waals surface area (Å²) in [5.41, 5.74) is 0.744. The molecule has 2 aromatic carbocycles. The van der Waals surface area contributed by atoms with E-state index in [4.69, 9.17) is 10.7 Å². The number of halogens is 1. The Bertz CT molecular complexity index is 614. The van der Waals surface area contributed by atoms with Crippen LogP contribution < -0.4 is 0 Å². The second-order valence-electron chi connectivity index (χ2n) is 3.69. The molecule has 0 amide bonds. The van der Waals surface area contributed by atoms with E-state index >= 15 is 0 Å². The Kier molecular flexibility index (Phi) is 2.91. The van der Waals surface area contributed by atoms with Crippen molar-refractivity contribution in [3.8, 4) is 0 Å². The fourth-order valence-electron chi connectivity index (χ4n) is 1.76. The Balaban J connectivity index is 2.70. The van der Waals surface area contributed by atoms with Crippen LogP contribution in [0.25, 0.3) is 10.8 Å². The van der Waals surface area contributed by atoms with Gasteiger partial charge in [-0.15, -0.1) is 0 Å². The molecule has 0 aliphatic heterocycles. The van der Waals surface area contributed by atoms with E-state index in [9.17, 15) is 8.42 Å². The summed E-state index contributed by atoms with van der Waals surface area (Å²) in [6.45, 7) is 1.60. The third-order valence-electron chi connectivity index (χ3n) is 2.68. The van der Waals surface area contributed by atoms with Crippen molar-refractivity contribution in [2.24, 2.45) is 0 Å². The Morgan fingerprint density at radius 1 is 1.06 bits per heavy atom. The fraction of sp³-hybridized carbons (Fsp3) is 0.167. The molecule has 84 valence electrons. The third-order valence-corrected chi connectivity index (χ3v) is 4.58. The number of hydrogen-bond donors (Lipinski definition) is 0. The number of hydrogen-bond acceptors (Lipinski definition) is 2. The summed E-state index contributed by atoms with van der Waals surface area (Å²) in [6, 6.07) is 13.3. The summed E-state index contributed by atoms with van der Waals surface area (Å²) >= 11 is 0. The van der Waals surface area contributed by atoms with E-state index < -0.39 is 14.3 Å². The van der Waals surface area contributed by atoms with E-state index in [2.05, 4.69) is 0 Å². The molecule has 0 fully saturated rings. The highest BCUT2D eigenvalue weighted by Crippen LogP contribution is 2.30. The molecular weight excluding hydrogens is 244 g/mol. The van der Waals surface area contributed by atoms with Gasteiger partial charge in [-0.1, -0.05) is 42.5 Å². The van der Waals surface area contributed by atoms with Crippen molar-refractivity contribution < 1.29 is 8.42 Å². The van der Waals surface area contributed by atoms with Crippen LogP contribution >= 0.6 is 10.7 Å². The fourth-order valence-corrected chi connectivity index (χ4v) is 2.55. The first-order valence-electron chi connectivity index (χ1n) is 4.91. The van der Waals surface area contributed by atoms with Gasteiger partial charge in [0.25, 0.3) is 0 Å². The quantitative estimate of drug-likeness (QED) is 0.769. The first kappa shape index (κ1) is 11.4. The lowest BCUT2D eigenvalue weighted by Gasteiger charge is -2.11. The summed E-state index contributed by atoms with van der Waals surface area (Å²) in [7, 11) is 1.82. The van der Waals surface area contributed by atoms with Gasteiger partial charge in [0.1, 0.15) is 0 Å². The van der Waals surface area contributed by atoms with Crippen molar-refractivity contribution in [2.75, 3.05) is 0 Å². The van der Waals surface area contributed by atoms with E-state index in [1.54, 1.807) is 13.0 Å². The second-order valence-corrected chi connectivity index (χ2v) is 6.63. The van der Waals surface area contributed by atoms with Crippen molar-refractivity contribution in [3.63, 3.8) is 0 Å². The zero-order valence-corrected chi connectivity index (χ0v) is 10.3. The van der Waals surface area contributed by atoms with E-state index in [0.717, 1.165) is 16.3 Å². The molecule has 0 aromatic heterocycles. The molecule has 0 saturated heterocycles. The van der Waals surface area contributed by atoms with Crippen molar-refractivity contribution in [1.82, 2.24) is 0 Å². The van der Waals surface area contributed by atoms with Gasteiger partial charge in [-0.05, 0) is 23.3 Å². The summed E-state index contributed by atoms with van der Waals surface area (Å²) in [6.07, 6.45) is 0. The van der Waals surface area contributed by atoms with Crippen LogP contribution in [0.15, 0.2) is 42.5 Å². The molecule has 4 heteroatoms. The molecule has 0 heterocycles. The molecule has 1 atom stereocenters. The van der Waals surface area contributed by atoms with E-state index in [1.165, 1.54) is 0 Å². The monoisotopic (exact) mass is 254 g/mol. The van der Waals surface area contributed by atoms with Crippen LogP contribution in [0.3, 0.4) is 0 Å². The number of rotatable bonds is 2. The van der Waals surface area contributed by atoms with Gasteiger partial charge in [0.15, 0.2) is 0 Å². The SMILES string of the molecule is CC(c1cccc2ccccc12)S(=O)(=O)Cl. The van der Waals surface area contributed by atoms with Gasteiger partial charge in [-0.2, -0.15) is 0 Å². The van der Waals surface area contributed by atoms with Gasteiger partial charge in [0.2, 0.25) is 9.05 Å². The smallest absolute Gasteiger partial charge is 0.212 e. The molecule has 2 rings (SSSR count). The van der Waals surface area contributed by atoms with Crippen LogP contribution in [0.2, 0.25) is 0 Å². The van der Waals surface area contributed by atoms with Crippen LogP contribution in [-0.4, -0.2) is 8.42 Å². The molecule has 2 aromatic rings. The van der Waals surface area contributed by atoms with Gasteiger partial charge in [0, 0.05) is 10.7 Å². The Labute approximate surface area is 99.3 Å². The summed E-state index contributed by atoms with van der Waals surface area (Å²) in [5.74, 6) is 0. The Morgan fingerprint density at radius 2 is 1.69 bits per heavy atom. The molecule has 0 radical (unpaired) electrons. The molecule has 1 unspecified atom stereocenters. The average Bonchev–Trinajstić information content (AvgIpc) is 2.26. The highest BCUT2D eigenvalue weighted by Gasteiger charge is 2.21. The minimum Gasteiger partial charge on any atom is -0.212 e. The summed E-state index contributed by atoms with van der Waals surface area (Å²) in [5, 5.41) is 1.26. The predicted molar refractivity (Wildman–Crippen MR) is 67.1 cm³/mol. The maximum Gasteiger partial charge on any atom is 0.239 e. The minimum atomic E-state index is -3.58. The zero-order chi connectivity index (χ0) is 11.8. The predicted octanol–water partition coefficient (Wildman–Crippen LogP) is 3.47. The van der Waals surface area contributed by atoms with Crippen LogP contribution in [0.1, 0.15) is 17.7 Å². The van der Waals surface area contributed by atoms with Gasteiger partial charge in [-0.3, -0.25) is 0 Å². The van der Waals surface area contributed by atoms with Crippen molar-refractivity contribution in [1.29, 1.82) is 0 Å². The minimum absolute atomic E-state index is 0.694. The number of fused-ring (bicyclic) bond motifs is 1. The topological polar surface area (TPSA) is 34.1 Å². The standard InChI is InChI=1S/C12H11ClO2S/c1-9(16(13,14)15)11-8-4-6-10-5-2-3-7-12(10)11/h2-9H,1H3. The van der Waals surface area contributed by atoms with Crippen LogP contribution in [0, 0.1) is 0 Å². The summed E-state index contributed by atoms with van der Waals surface area (Å²) in [4.78, 5) is 0. The van der Waals surface area contributed by atoms with E-state index in [1.807, 2.05) is 36.4 Å². The van der Waals surface area contributed by atoms with E-state index in [-0.39, 0.29) is 0 Å². The third kappa shape index (κ3) is 2.06.